The molecule has 0 aliphatic heterocycles. The molecule has 7 heteroatoms. The van der Waals surface area contributed by atoms with E-state index in [9.17, 15) is 9.59 Å². The zero-order chi connectivity index (χ0) is 20.1. The number of fused-ring (bicyclic) bond motifs is 1. The van der Waals surface area contributed by atoms with Gasteiger partial charge in [0, 0.05) is 12.2 Å². The van der Waals surface area contributed by atoms with Gasteiger partial charge in [0.15, 0.2) is 5.16 Å². The summed E-state index contributed by atoms with van der Waals surface area (Å²) in [7, 11) is 0. The molecule has 0 spiro atoms. The molecule has 0 saturated heterocycles. The van der Waals surface area contributed by atoms with E-state index in [-0.39, 0.29) is 17.1 Å². The second kappa shape index (κ2) is 8.93. The van der Waals surface area contributed by atoms with Crippen molar-refractivity contribution in [3.63, 3.8) is 0 Å². The van der Waals surface area contributed by atoms with Crippen LogP contribution in [0, 0.1) is 0 Å². The second-order valence-corrected chi connectivity index (χ2v) is 7.49. The van der Waals surface area contributed by atoms with Crippen molar-refractivity contribution < 1.29 is 14.3 Å². The van der Waals surface area contributed by atoms with Crippen molar-refractivity contribution in [2.45, 2.75) is 37.7 Å². The largest absolute Gasteiger partial charge is 0.462 e. The fourth-order valence-corrected chi connectivity index (χ4v) is 3.81. The number of nitrogens with zero attached hydrogens (tertiary/aromatic N) is 2. The summed E-state index contributed by atoms with van der Waals surface area (Å²) in [5, 5.41) is 3.33. The number of rotatable bonds is 7. The van der Waals surface area contributed by atoms with Crippen LogP contribution in [0.15, 0.2) is 53.7 Å². The van der Waals surface area contributed by atoms with E-state index < -0.39 is 0 Å². The highest BCUT2D eigenvalue weighted by atomic mass is 32.2. The molecule has 2 aromatic carbocycles. The molecule has 0 bridgehead atoms. The van der Waals surface area contributed by atoms with Crippen LogP contribution in [-0.4, -0.2) is 33.3 Å². The van der Waals surface area contributed by atoms with Gasteiger partial charge >= 0.3 is 5.97 Å². The Bertz CT molecular complexity index is 985. The van der Waals surface area contributed by atoms with Crippen molar-refractivity contribution >= 4 is 40.4 Å². The standard InChI is InChI=1S/C21H23N3O3S/c1-4-24-18-12-11-15(20(26)27-5-2)13-17(18)23-21(24)28-14(3)19(25)22-16-9-7-6-8-10-16/h6-14H,4-5H2,1-3H3,(H,22,25)/t14-/m0/s1. The maximum absolute atomic E-state index is 12.5. The first-order valence-electron chi connectivity index (χ1n) is 9.23. The van der Waals surface area contributed by atoms with Gasteiger partial charge < -0.3 is 14.6 Å². The lowest BCUT2D eigenvalue weighted by molar-refractivity contribution is -0.115. The molecule has 1 heterocycles. The number of carbonyl (C=O) groups excluding carboxylic acids is 2. The number of hydrogen-bond donors (Lipinski definition) is 1. The van der Waals surface area contributed by atoms with Gasteiger partial charge in [-0.1, -0.05) is 30.0 Å². The van der Waals surface area contributed by atoms with Crippen LogP contribution >= 0.6 is 11.8 Å². The summed E-state index contributed by atoms with van der Waals surface area (Å²) in [5.41, 5.74) is 2.88. The fraction of sp³-hybridized carbons (Fsp3) is 0.286. The van der Waals surface area contributed by atoms with E-state index in [1.807, 2.05) is 54.8 Å². The van der Waals surface area contributed by atoms with Gasteiger partial charge in [0.2, 0.25) is 5.91 Å². The molecule has 1 amide bonds. The minimum atomic E-state index is -0.361. The maximum atomic E-state index is 12.5. The van der Waals surface area contributed by atoms with Gasteiger partial charge in [-0.25, -0.2) is 9.78 Å². The first-order valence-corrected chi connectivity index (χ1v) is 10.1. The number of imidazole rings is 1. The van der Waals surface area contributed by atoms with Gasteiger partial charge in [-0.2, -0.15) is 0 Å². The van der Waals surface area contributed by atoms with Crippen LogP contribution in [0.4, 0.5) is 5.69 Å². The lowest BCUT2D eigenvalue weighted by Crippen LogP contribution is -2.22. The predicted octanol–water partition coefficient (Wildman–Crippen LogP) is 4.35. The van der Waals surface area contributed by atoms with Crippen molar-refractivity contribution in [2.75, 3.05) is 11.9 Å². The average Bonchev–Trinajstić information content (AvgIpc) is 3.04. The van der Waals surface area contributed by atoms with E-state index in [1.165, 1.54) is 11.8 Å². The summed E-state index contributed by atoms with van der Waals surface area (Å²) >= 11 is 1.40. The molecule has 28 heavy (non-hydrogen) atoms. The molecule has 0 aliphatic carbocycles. The summed E-state index contributed by atoms with van der Waals surface area (Å²) in [5.74, 6) is -0.446. The number of aryl methyl sites for hydroxylation is 1. The van der Waals surface area contributed by atoms with Gasteiger partial charge in [0.05, 0.1) is 28.5 Å². The van der Waals surface area contributed by atoms with E-state index in [4.69, 9.17) is 4.74 Å². The van der Waals surface area contributed by atoms with E-state index in [0.29, 0.717) is 24.2 Å². The molecule has 6 nitrogen and oxygen atoms in total. The molecule has 3 rings (SSSR count). The molecule has 0 saturated carbocycles. The van der Waals surface area contributed by atoms with E-state index in [2.05, 4.69) is 10.3 Å². The Labute approximate surface area is 168 Å². The highest BCUT2D eigenvalue weighted by Gasteiger charge is 2.20. The lowest BCUT2D eigenvalue weighted by atomic mass is 10.2. The number of carbonyl (C=O) groups is 2. The first-order chi connectivity index (χ1) is 13.5. The molecule has 3 aromatic rings. The summed E-state index contributed by atoms with van der Waals surface area (Å²) in [6, 6.07) is 14.7. The average molecular weight is 398 g/mol. The topological polar surface area (TPSA) is 73.2 Å². The van der Waals surface area contributed by atoms with Gasteiger partial charge in [0.1, 0.15) is 0 Å². The minimum Gasteiger partial charge on any atom is -0.462 e. The Morgan fingerprint density at radius 3 is 2.61 bits per heavy atom. The minimum absolute atomic E-state index is 0.0851. The number of benzene rings is 2. The number of para-hydroxylation sites is 1. The fourth-order valence-electron chi connectivity index (χ4n) is 2.82. The number of aromatic nitrogens is 2. The maximum Gasteiger partial charge on any atom is 0.338 e. The number of ether oxygens (including phenoxy) is 1. The van der Waals surface area contributed by atoms with Gasteiger partial charge in [-0.3, -0.25) is 4.79 Å². The SMILES string of the molecule is CCOC(=O)c1ccc2c(c1)nc(S[C@@H](C)C(=O)Nc1ccccc1)n2CC. The Morgan fingerprint density at radius 2 is 1.93 bits per heavy atom. The summed E-state index contributed by atoms with van der Waals surface area (Å²) in [6.07, 6.45) is 0. The van der Waals surface area contributed by atoms with E-state index >= 15 is 0 Å². The molecule has 1 atom stereocenters. The zero-order valence-corrected chi connectivity index (χ0v) is 17.0. The van der Waals surface area contributed by atoms with Crippen LogP contribution < -0.4 is 5.32 Å². The third kappa shape index (κ3) is 4.36. The Kier molecular flexibility index (Phi) is 6.36. The lowest BCUT2D eigenvalue weighted by Gasteiger charge is -2.12. The van der Waals surface area contributed by atoms with Crippen LogP contribution in [0.5, 0.6) is 0 Å². The highest BCUT2D eigenvalue weighted by Crippen LogP contribution is 2.28. The second-order valence-electron chi connectivity index (χ2n) is 6.18. The molecule has 0 aliphatic rings. The van der Waals surface area contributed by atoms with Crippen LogP contribution in [0.2, 0.25) is 0 Å². The number of anilines is 1. The molecular formula is C21H23N3O3S. The monoisotopic (exact) mass is 397 g/mol. The number of hydrogen-bond acceptors (Lipinski definition) is 5. The molecule has 146 valence electrons. The number of thioether (sulfide) groups is 1. The summed E-state index contributed by atoms with van der Waals surface area (Å²) in [4.78, 5) is 29.1. The van der Waals surface area contributed by atoms with Crippen molar-refractivity contribution in [1.29, 1.82) is 0 Å². The molecular weight excluding hydrogens is 374 g/mol. The number of esters is 1. The van der Waals surface area contributed by atoms with Crippen LogP contribution in [0.3, 0.4) is 0 Å². The Hall–Kier alpha value is -2.80. The smallest absolute Gasteiger partial charge is 0.338 e. The van der Waals surface area contributed by atoms with Crippen molar-refractivity contribution in [3.8, 4) is 0 Å². The third-order valence-electron chi connectivity index (χ3n) is 4.23. The van der Waals surface area contributed by atoms with Crippen molar-refractivity contribution in [1.82, 2.24) is 9.55 Å². The summed E-state index contributed by atoms with van der Waals surface area (Å²) in [6.45, 7) is 6.70. The highest BCUT2D eigenvalue weighted by molar-refractivity contribution is 8.00. The van der Waals surface area contributed by atoms with Crippen LogP contribution in [0.25, 0.3) is 11.0 Å². The number of nitrogens with one attached hydrogen (secondary N) is 1. The van der Waals surface area contributed by atoms with Crippen molar-refractivity contribution in [3.05, 3.63) is 54.1 Å². The van der Waals surface area contributed by atoms with Gasteiger partial charge in [-0.15, -0.1) is 0 Å². The summed E-state index contributed by atoms with van der Waals surface area (Å²) < 4.78 is 7.10. The Morgan fingerprint density at radius 1 is 1.18 bits per heavy atom. The molecule has 1 aromatic heterocycles. The van der Waals surface area contributed by atoms with Gasteiger partial charge in [-0.05, 0) is 51.1 Å². The van der Waals surface area contributed by atoms with Crippen LogP contribution in [-0.2, 0) is 16.1 Å². The normalized spacial score (nSPS) is 12.0. The van der Waals surface area contributed by atoms with Crippen LogP contribution in [0.1, 0.15) is 31.1 Å². The molecule has 0 fully saturated rings. The molecule has 0 unspecified atom stereocenters. The quantitative estimate of drug-likeness (QED) is 0.474. The van der Waals surface area contributed by atoms with Crippen molar-refractivity contribution in [2.24, 2.45) is 0 Å². The van der Waals surface area contributed by atoms with E-state index in [1.54, 1.807) is 19.1 Å². The predicted molar refractivity (Wildman–Crippen MR) is 112 cm³/mol. The first kappa shape index (κ1) is 19.9. The third-order valence-corrected chi connectivity index (χ3v) is 5.32. The van der Waals surface area contributed by atoms with E-state index in [0.717, 1.165) is 16.4 Å². The zero-order valence-electron chi connectivity index (χ0n) is 16.1. The Balaban J connectivity index is 1.81. The molecule has 1 N–H and O–H groups in total. The van der Waals surface area contributed by atoms with Gasteiger partial charge in [0.25, 0.3) is 0 Å². The number of amides is 1. The molecule has 0 radical (unpaired) electrons.